The summed E-state index contributed by atoms with van der Waals surface area (Å²) < 4.78 is 26.3. The second kappa shape index (κ2) is 6.99. The Morgan fingerprint density at radius 2 is 2.30 bits per heavy atom. The summed E-state index contributed by atoms with van der Waals surface area (Å²) in [6.07, 6.45) is 3.15. The standard InChI is InChI=1S/C12H16N4O2S.ClH/c1-16(11-5-3-6-14-9-11)19(17,18)12-10(8-13)4-2-7-15-12;/h2,4,7,11,14H,3,5-6,9H2,1H3;1H. The minimum absolute atomic E-state index is 0. The molecule has 110 valence electrons. The highest BCUT2D eigenvalue weighted by molar-refractivity contribution is 7.89. The Morgan fingerprint density at radius 1 is 1.55 bits per heavy atom. The molecule has 1 fully saturated rings. The van der Waals surface area contributed by atoms with E-state index in [0.717, 1.165) is 19.4 Å². The summed E-state index contributed by atoms with van der Waals surface area (Å²) in [6, 6.07) is 4.81. The quantitative estimate of drug-likeness (QED) is 0.889. The third kappa shape index (κ3) is 3.27. The lowest BCUT2D eigenvalue weighted by molar-refractivity contribution is 0.299. The topological polar surface area (TPSA) is 86.1 Å². The molecule has 2 rings (SSSR count). The first-order chi connectivity index (χ1) is 9.07. The van der Waals surface area contributed by atoms with Gasteiger partial charge in [-0.15, -0.1) is 12.4 Å². The van der Waals surface area contributed by atoms with E-state index in [1.165, 1.54) is 16.6 Å². The number of nitrogens with one attached hydrogen (secondary N) is 1. The average molecular weight is 317 g/mol. The maximum Gasteiger partial charge on any atom is 0.261 e. The number of halogens is 1. The van der Waals surface area contributed by atoms with Crippen LogP contribution in [0.2, 0.25) is 0 Å². The number of piperidine rings is 1. The van der Waals surface area contributed by atoms with E-state index in [0.29, 0.717) is 6.54 Å². The second-order valence-corrected chi connectivity index (χ2v) is 6.40. The van der Waals surface area contributed by atoms with Gasteiger partial charge in [-0.3, -0.25) is 0 Å². The molecule has 2 heterocycles. The zero-order valence-electron chi connectivity index (χ0n) is 11.1. The lowest BCUT2D eigenvalue weighted by atomic mass is 10.1. The van der Waals surface area contributed by atoms with Crippen LogP contribution in [0.4, 0.5) is 0 Å². The molecule has 8 heteroatoms. The Balaban J connectivity index is 0.00000200. The fourth-order valence-corrected chi connectivity index (χ4v) is 3.59. The van der Waals surface area contributed by atoms with Gasteiger partial charge in [0, 0.05) is 25.8 Å². The van der Waals surface area contributed by atoms with Crippen molar-refractivity contribution in [2.75, 3.05) is 20.1 Å². The molecule has 1 aliphatic heterocycles. The van der Waals surface area contributed by atoms with Gasteiger partial charge in [0.15, 0.2) is 5.03 Å². The number of nitriles is 1. The molecule has 1 unspecified atom stereocenters. The molecule has 0 amide bonds. The average Bonchev–Trinajstić information content (AvgIpc) is 2.47. The molecule has 1 aliphatic rings. The SMILES string of the molecule is CN(C1CCCNC1)S(=O)(=O)c1ncccc1C#N.Cl. The van der Waals surface area contributed by atoms with E-state index in [1.807, 2.05) is 6.07 Å². The Morgan fingerprint density at radius 3 is 2.90 bits per heavy atom. The Kier molecular flexibility index (Phi) is 5.89. The van der Waals surface area contributed by atoms with Crippen molar-refractivity contribution < 1.29 is 8.42 Å². The van der Waals surface area contributed by atoms with Crippen LogP contribution in [0.3, 0.4) is 0 Å². The molecule has 1 atom stereocenters. The number of hydrogen-bond acceptors (Lipinski definition) is 5. The van der Waals surface area contributed by atoms with Crippen LogP contribution >= 0.6 is 12.4 Å². The summed E-state index contributed by atoms with van der Waals surface area (Å²) in [4.78, 5) is 3.86. The van der Waals surface area contributed by atoms with Crippen LogP contribution < -0.4 is 5.32 Å². The largest absolute Gasteiger partial charge is 0.315 e. The number of likely N-dealkylation sites (N-methyl/N-ethyl adjacent to an activating group) is 1. The first-order valence-corrected chi connectivity index (χ1v) is 7.55. The highest BCUT2D eigenvalue weighted by Gasteiger charge is 2.31. The van der Waals surface area contributed by atoms with Gasteiger partial charge in [-0.05, 0) is 31.5 Å². The zero-order chi connectivity index (χ0) is 13.9. The third-order valence-electron chi connectivity index (χ3n) is 3.30. The van der Waals surface area contributed by atoms with E-state index in [2.05, 4.69) is 10.3 Å². The molecule has 1 aromatic rings. The maximum absolute atomic E-state index is 12.5. The van der Waals surface area contributed by atoms with Crippen LogP contribution in [0.1, 0.15) is 18.4 Å². The molecule has 0 bridgehead atoms. The number of nitrogens with zero attached hydrogens (tertiary/aromatic N) is 3. The summed E-state index contributed by atoms with van der Waals surface area (Å²) in [5, 5.41) is 12.0. The van der Waals surface area contributed by atoms with Crippen molar-refractivity contribution in [1.29, 1.82) is 5.26 Å². The number of rotatable bonds is 3. The minimum atomic E-state index is -3.72. The van der Waals surface area contributed by atoms with Crippen LogP contribution in [-0.4, -0.2) is 43.9 Å². The molecule has 0 radical (unpaired) electrons. The van der Waals surface area contributed by atoms with E-state index in [4.69, 9.17) is 5.26 Å². The highest BCUT2D eigenvalue weighted by Crippen LogP contribution is 2.20. The molecule has 1 N–H and O–H groups in total. The predicted molar refractivity (Wildman–Crippen MR) is 77.0 cm³/mol. The fourth-order valence-electron chi connectivity index (χ4n) is 2.16. The molecule has 6 nitrogen and oxygen atoms in total. The van der Waals surface area contributed by atoms with Gasteiger partial charge in [0.1, 0.15) is 6.07 Å². The smallest absolute Gasteiger partial charge is 0.261 e. The maximum atomic E-state index is 12.5. The van der Waals surface area contributed by atoms with Gasteiger partial charge in [-0.25, -0.2) is 13.4 Å². The van der Waals surface area contributed by atoms with E-state index in [9.17, 15) is 8.42 Å². The summed E-state index contributed by atoms with van der Waals surface area (Å²) in [6.45, 7) is 1.54. The second-order valence-electron chi connectivity index (χ2n) is 4.49. The number of sulfonamides is 1. The van der Waals surface area contributed by atoms with Crippen LogP contribution in [0.5, 0.6) is 0 Å². The summed E-state index contributed by atoms with van der Waals surface area (Å²) >= 11 is 0. The Labute approximate surface area is 125 Å². The summed E-state index contributed by atoms with van der Waals surface area (Å²) in [5.41, 5.74) is 0.0816. The zero-order valence-corrected chi connectivity index (χ0v) is 12.7. The molecular formula is C12H17ClN4O2S. The van der Waals surface area contributed by atoms with Crippen LogP contribution in [0.25, 0.3) is 0 Å². The molecule has 0 aliphatic carbocycles. The van der Waals surface area contributed by atoms with Crippen molar-refractivity contribution in [3.05, 3.63) is 23.9 Å². The van der Waals surface area contributed by atoms with Crippen LogP contribution in [-0.2, 0) is 10.0 Å². The lowest BCUT2D eigenvalue weighted by Crippen LogP contribution is -2.46. The monoisotopic (exact) mass is 316 g/mol. The van der Waals surface area contributed by atoms with Crippen LogP contribution in [0, 0.1) is 11.3 Å². The van der Waals surface area contributed by atoms with E-state index >= 15 is 0 Å². The van der Waals surface area contributed by atoms with E-state index in [-0.39, 0.29) is 29.0 Å². The van der Waals surface area contributed by atoms with Crippen molar-refractivity contribution in [3.63, 3.8) is 0 Å². The van der Waals surface area contributed by atoms with Gasteiger partial charge < -0.3 is 5.32 Å². The fraction of sp³-hybridized carbons (Fsp3) is 0.500. The summed E-state index contributed by atoms with van der Waals surface area (Å²) in [7, 11) is -2.18. The van der Waals surface area contributed by atoms with E-state index < -0.39 is 10.0 Å². The van der Waals surface area contributed by atoms with Crippen LogP contribution in [0.15, 0.2) is 23.4 Å². The van der Waals surface area contributed by atoms with Gasteiger partial charge in [-0.2, -0.15) is 9.57 Å². The highest BCUT2D eigenvalue weighted by atomic mass is 35.5. The molecule has 0 saturated carbocycles. The predicted octanol–water partition coefficient (Wildman–Crippen LogP) is 0.748. The molecule has 0 spiro atoms. The molecule has 0 aromatic carbocycles. The molecule has 1 aromatic heterocycles. The number of pyridine rings is 1. The molecule has 1 saturated heterocycles. The first-order valence-electron chi connectivity index (χ1n) is 6.11. The third-order valence-corrected chi connectivity index (χ3v) is 5.17. The van der Waals surface area contributed by atoms with Crippen molar-refractivity contribution >= 4 is 22.4 Å². The van der Waals surface area contributed by atoms with Crippen molar-refractivity contribution in [2.24, 2.45) is 0 Å². The number of aromatic nitrogens is 1. The number of hydrogen-bond donors (Lipinski definition) is 1. The van der Waals surface area contributed by atoms with Crippen molar-refractivity contribution in [1.82, 2.24) is 14.6 Å². The summed E-state index contributed by atoms with van der Waals surface area (Å²) in [5.74, 6) is 0. The van der Waals surface area contributed by atoms with Gasteiger partial charge in [0.2, 0.25) is 0 Å². The van der Waals surface area contributed by atoms with Gasteiger partial charge in [-0.1, -0.05) is 0 Å². The first kappa shape index (κ1) is 16.9. The van der Waals surface area contributed by atoms with Gasteiger partial charge in [0.25, 0.3) is 10.0 Å². The minimum Gasteiger partial charge on any atom is -0.315 e. The molecule has 20 heavy (non-hydrogen) atoms. The van der Waals surface area contributed by atoms with Gasteiger partial charge >= 0.3 is 0 Å². The Bertz CT molecular complexity index is 594. The van der Waals surface area contributed by atoms with Gasteiger partial charge in [0.05, 0.1) is 5.56 Å². The normalized spacial score (nSPS) is 19.1. The van der Waals surface area contributed by atoms with Crippen molar-refractivity contribution in [2.45, 2.75) is 23.9 Å². The van der Waals surface area contributed by atoms with Crippen molar-refractivity contribution in [3.8, 4) is 6.07 Å². The Hall–Kier alpha value is -1.20. The van der Waals surface area contributed by atoms with E-state index in [1.54, 1.807) is 13.1 Å². The lowest BCUT2D eigenvalue weighted by Gasteiger charge is -2.30. The molecular weight excluding hydrogens is 300 g/mol.